The van der Waals surface area contributed by atoms with Crippen molar-refractivity contribution in [3.05, 3.63) is 29.8 Å². The van der Waals surface area contributed by atoms with E-state index in [1.807, 2.05) is 6.92 Å². The van der Waals surface area contributed by atoms with Crippen LogP contribution in [0.5, 0.6) is 0 Å². The van der Waals surface area contributed by atoms with Gasteiger partial charge in [0.25, 0.3) is 0 Å². The number of sulfone groups is 1. The molecule has 0 aromatic heterocycles. The maximum absolute atomic E-state index is 11.6. The summed E-state index contributed by atoms with van der Waals surface area (Å²) in [4.78, 5) is 0.348. The first-order chi connectivity index (χ1) is 8.40. The zero-order chi connectivity index (χ0) is 13.8. The van der Waals surface area contributed by atoms with Crippen LogP contribution >= 0.6 is 0 Å². The molecule has 0 aliphatic heterocycles. The van der Waals surface area contributed by atoms with Gasteiger partial charge in [-0.1, -0.05) is 26.0 Å². The van der Waals surface area contributed by atoms with Crippen LogP contribution in [0, 0.1) is 0 Å². The molecule has 1 aromatic carbocycles. The van der Waals surface area contributed by atoms with Crippen molar-refractivity contribution >= 4 is 9.84 Å². The average molecular weight is 271 g/mol. The Morgan fingerprint density at radius 1 is 1.28 bits per heavy atom. The first kappa shape index (κ1) is 15.1. The highest BCUT2D eigenvalue weighted by atomic mass is 32.2. The van der Waals surface area contributed by atoms with Gasteiger partial charge in [-0.25, -0.2) is 8.42 Å². The van der Waals surface area contributed by atoms with Gasteiger partial charge in [0.15, 0.2) is 9.84 Å². The molecule has 0 saturated carbocycles. The van der Waals surface area contributed by atoms with Crippen LogP contribution in [0.4, 0.5) is 0 Å². The number of hydrogen-bond donors (Lipinski definition) is 2. The van der Waals surface area contributed by atoms with Crippen molar-refractivity contribution in [1.82, 2.24) is 0 Å². The van der Waals surface area contributed by atoms with Gasteiger partial charge in [-0.3, -0.25) is 0 Å². The fraction of sp³-hybridized carbons (Fsp3) is 0.538. The van der Waals surface area contributed by atoms with Crippen LogP contribution < -0.4 is 5.73 Å². The summed E-state index contributed by atoms with van der Waals surface area (Å²) in [6, 6.07) is 6.85. The van der Waals surface area contributed by atoms with Crippen molar-refractivity contribution in [2.24, 2.45) is 5.73 Å². The molecule has 0 aliphatic carbocycles. The number of aliphatic hydroxyl groups excluding tert-OH is 1. The Labute approximate surface area is 109 Å². The molecule has 0 radical (unpaired) electrons. The summed E-state index contributed by atoms with van der Waals surface area (Å²) < 4.78 is 23.3. The molecule has 0 spiro atoms. The monoisotopic (exact) mass is 271 g/mol. The normalized spacial score (nSPS) is 15.3. The number of nitrogens with two attached hydrogens (primary N) is 1. The van der Waals surface area contributed by atoms with E-state index in [1.54, 1.807) is 31.2 Å². The molecule has 4 nitrogen and oxygen atoms in total. The number of hydrogen-bond acceptors (Lipinski definition) is 4. The molecule has 5 heteroatoms. The molecule has 2 unspecified atom stereocenters. The zero-order valence-electron chi connectivity index (χ0n) is 10.8. The topological polar surface area (TPSA) is 80.4 Å². The molecule has 0 heterocycles. The Bertz CT molecular complexity index is 468. The van der Waals surface area contributed by atoms with Crippen LogP contribution in [0.25, 0.3) is 0 Å². The first-order valence-corrected chi connectivity index (χ1v) is 7.76. The third kappa shape index (κ3) is 3.80. The molecule has 18 heavy (non-hydrogen) atoms. The number of benzene rings is 1. The third-order valence-electron chi connectivity index (χ3n) is 3.09. The van der Waals surface area contributed by atoms with Crippen LogP contribution in [-0.2, 0) is 9.84 Å². The van der Waals surface area contributed by atoms with E-state index in [1.165, 1.54) is 0 Å². The highest BCUT2D eigenvalue weighted by Gasteiger charge is 2.14. The molecular formula is C13H21NO3S. The maximum Gasteiger partial charge on any atom is 0.178 e. The summed E-state index contributed by atoms with van der Waals surface area (Å²) in [7, 11) is -3.14. The summed E-state index contributed by atoms with van der Waals surface area (Å²) in [6.45, 7) is 3.86. The standard InChI is InChI=1S/C13H21NO3S/c1-3-18(16,17)13-6-4-11(5-7-13)10(2)8-12(15)9-14/h4-7,10,12,15H,3,8-9,14H2,1-2H3. The maximum atomic E-state index is 11.6. The summed E-state index contributed by atoms with van der Waals surface area (Å²) in [5, 5.41) is 9.49. The van der Waals surface area contributed by atoms with E-state index in [2.05, 4.69) is 0 Å². The van der Waals surface area contributed by atoms with E-state index in [9.17, 15) is 13.5 Å². The van der Waals surface area contributed by atoms with Gasteiger partial charge in [0.1, 0.15) is 0 Å². The lowest BCUT2D eigenvalue weighted by Crippen LogP contribution is -2.21. The van der Waals surface area contributed by atoms with Crippen molar-refractivity contribution in [1.29, 1.82) is 0 Å². The fourth-order valence-electron chi connectivity index (χ4n) is 1.81. The minimum Gasteiger partial charge on any atom is -0.392 e. The molecule has 0 aliphatic rings. The van der Waals surface area contributed by atoms with Crippen LogP contribution in [0.15, 0.2) is 29.2 Å². The van der Waals surface area contributed by atoms with Crippen molar-refractivity contribution in [2.45, 2.75) is 37.2 Å². The Morgan fingerprint density at radius 2 is 1.83 bits per heavy atom. The van der Waals surface area contributed by atoms with E-state index in [4.69, 9.17) is 5.73 Å². The second-order valence-electron chi connectivity index (χ2n) is 4.50. The molecule has 0 saturated heterocycles. The predicted molar refractivity (Wildman–Crippen MR) is 72.3 cm³/mol. The van der Waals surface area contributed by atoms with Crippen molar-refractivity contribution in [2.75, 3.05) is 12.3 Å². The minimum absolute atomic E-state index is 0.105. The van der Waals surface area contributed by atoms with Gasteiger partial charge in [0.05, 0.1) is 16.8 Å². The second-order valence-corrected chi connectivity index (χ2v) is 6.78. The molecule has 3 N–H and O–H groups in total. The first-order valence-electron chi connectivity index (χ1n) is 6.11. The lowest BCUT2D eigenvalue weighted by atomic mass is 9.95. The van der Waals surface area contributed by atoms with Crippen LogP contribution in [0.2, 0.25) is 0 Å². The van der Waals surface area contributed by atoms with Crippen LogP contribution in [0.3, 0.4) is 0 Å². The van der Waals surface area contributed by atoms with E-state index < -0.39 is 15.9 Å². The predicted octanol–water partition coefficient (Wildman–Crippen LogP) is 1.29. The molecular weight excluding hydrogens is 250 g/mol. The highest BCUT2D eigenvalue weighted by Crippen LogP contribution is 2.22. The summed E-state index contributed by atoms with van der Waals surface area (Å²) in [5.41, 5.74) is 6.38. The van der Waals surface area contributed by atoms with Gasteiger partial charge in [0.2, 0.25) is 0 Å². The largest absolute Gasteiger partial charge is 0.392 e. The summed E-state index contributed by atoms with van der Waals surface area (Å²) in [6.07, 6.45) is 0.0650. The highest BCUT2D eigenvalue weighted by molar-refractivity contribution is 7.91. The molecule has 1 aromatic rings. The lowest BCUT2D eigenvalue weighted by molar-refractivity contribution is 0.165. The second kappa shape index (κ2) is 6.31. The lowest BCUT2D eigenvalue weighted by Gasteiger charge is -2.15. The molecule has 102 valence electrons. The van der Waals surface area contributed by atoms with Crippen LogP contribution in [-0.4, -0.2) is 31.9 Å². The smallest absolute Gasteiger partial charge is 0.178 e. The van der Waals surface area contributed by atoms with Gasteiger partial charge in [-0.15, -0.1) is 0 Å². The SMILES string of the molecule is CCS(=O)(=O)c1ccc(C(C)CC(O)CN)cc1. The Morgan fingerprint density at radius 3 is 2.28 bits per heavy atom. The van der Waals surface area contributed by atoms with Crippen molar-refractivity contribution in [3.8, 4) is 0 Å². The van der Waals surface area contributed by atoms with Crippen LogP contribution in [0.1, 0.15) is 31.7 Å². The van der Waals surface area contributed by atoms with E-state index in [0.29, 0.717) is 11.3 Å². The quantitative estimate of drug-likeness (QED) is 0.817. The molecule has 1 rings (SSSR count). The van der Waals surface area contributed by atoms with Crippen molar-refractivity contribution in [3.63, 3.8) is 0 Å². The number of aliphatic hydroxyl groups is 1. The van der Waals surface area contributed by atoms with Gasteiger partial charge >= 0.3 is 0 Å². The summed E-state index contributed by atoms with van der Waals surface area (Å²) in [5.74, 6) is 0.260. The summed E-state index contributed by atoms with van der Waals surface area (Å²) >= 11 is 0. The third-order valence-corrected chi connectivity index (χ3v) is 4.84. The van der Waals surface area contributed by atoms with E-state index >= 15 is 0 Å². The fourth-order valence-corrected chi connectivity index (χ4v) is 2.69. The Hall–Kier alpha value is -0.910. The molecule has 2 atom stereocenters. The van der Waals surface area contributed by atoms with Gasteiger partial charge in [0, 0.05) is 6.54 Å². The zero-order valence-corrected chi connectivity index (χ0v) is 11.7. The average Bonchev–Trinajstić information content (AvgIpc) is 2.38. The van der Waals surface area contributed by atoms with Gasteiger partial charge in [-0.2, -0.15) is 0 Å². The Balaban J connectivity index is 2.83. The van der Waals surface area contributed by atoms with Gasteiger partial charge in [-0.05, 0) is 30.0 Å². The Kier molecular flexibility index (Phi) is 5.31. The minimum atomic E-state index is -3.14. The van der Waals surface area contributed by atoms with Gasteiger partial charge < -0.3 is 10.8 Å². The molecule has 0 bridgehead atoms. The molecule has 0 fully saturated rings. The number of rotatable bonds is 6. The van der Waals surface area contributed by atoms with E-state index in [-0.39, 0.29) is 18.2 Å². The van der Waals surface area contributed by atoms with Crippen molar-refractivity contribution < 1.29 is 13.5 Å². The molecule has 0 amide bonds. The van der Waals surface area contributed by atoms with E-state index in [0.717, 1.165) is 5.56 Å².